The topological polar surface area (TPSA) is 120 Å². The number of esters is 1. The fourth-order valence-electron chi connectivity index (χ4n) is 3.72. The molecule has 2 aromatic carbocycles. The van der Waals surface area contributed by atoms with Crippen molar-refractivity contribution >= 4 is 27.6 Å². The number of hydrogen-bond acceptors (Lipinski definition) is 8. The van der Waals surface area contributed by atoms with Crippen molar-refractivity contribution in [3.63, 3.8) is 0 Å². The number of piperidine rings is 1. The molecule has 1 amide bonds. The second kappa shape index (κ2) is 10.7. The van der Waals surface area contributed by atoms with Crippen LogP contribution in [0.1, 0.15) is 40.0 Å². The van der Waals surface area contributed by atoms with Gasteiger partial charge in [-0.3, -0.25) is 4.79 Å². The number of sulfonamides is 1. The van der Waals surface area contributed by atoms with Crippen LogP contribution in [0.4, 0.5) is 5.69 Å². The predicted molar refractivity (Wildman–Crippen MR) is 124 cm³/mol. The van der Waals surface area contributed by atoms with Gasteiger partial charge in [0, 0.05) is 30.8 Å². The average molecular weight is 493 g/mol. The van der Waals surface area contributed by atoms with Crippen LogP contribution >= 0.6 is 0 Å². The van der Waals surface area contributed by atoms with Crippen molar-refractivity contribution in [2.75, 3.05) is 46.8 Å². The molecule has 1 fully saturated rings. The Morgan fingerprint density at radius 1 is 0.853 bits per heavy atom. The number of benzene rings is 2. The van der Waals surface area contributed by atoms with Crippen molar-refractivity contribution in [1.29, 1.82) is 0 Å². The first kappa shape index (κ1) is 25.3. The smallest absolute Gasteiger partial charge is 0.340 e. The third kappa shape index (κ3) is 5.10. The molecule has 0 radical (unpaired) electrons. The van der Waals surface area contributed by atoms with Gasteiger partial charge in [0.15, 0.2) is 11.5 Å². The monoisotopic (exact) mass is 492 g/mol. The molecular formula is C23H28N2O8S. The molecule has 0 saturated carbocycles. The average Bonchev–Trinajstić information content (AvgIpc) is 2.87. The van der Waals surface area contributed by atoms with E-state index in [1.807, 2.05) is 0 Å². The second-order valence-corrected chi connectivity index (χ2v) is 9.44. The lowest BCUT2D eigenvalue weighted by Crippen LogP contribution is -2.35. The van der Waals surface area contributed by atoms with E-state index in [1.54, 1.807) is 0 Å². The van der Waals surface area contributed by atoms with E-state index in [0.29, 0.717) is 13.1 Å². The Morgan fingerprint density at radius 3 is 2.06 bits per heavy atom. The molecule has 1 N–H and O–H groups in total. The van der Waals surface area contributed by atoms with Crippen LogP contribution in [0, 0.1) is 0 Å². The Hall–Kier alpha value is -3.31. The minimum absolute atomic E-state index is 0.0446. The van der Waals surface area contributed by atoms with E-state index in [2.05, 4.69) is 5.32 Å². The summed E-state index contributed by atoms with van der Waals surface area (Å²) in [6, 6.07) is 6.97. The van der Waals surface area contributed by atoms with Crippen molar-refractivity contribution < 1.29 is 37.0 Å². The SMILES string of the molecule is COC(=O)c1cc(OC)c(OC)cc1NC(=O)c1ccc(OC)c(S(=O)(=O)N2CCCCC2)c1. The summed E-state index contributed by atoms with van der Waals surface area (Å²) >= 11 is 0. The molecule has 3 rings (SSSR count). The van der Waals surface area contributed by atoms with Gasteiger partial charge in [-0.05, 0) is 31.0 Å². The molecule has 184 valence electrons. The van der Waals surface area contributed by atoms with Crippen LogP contribution in [0.15, 0.2) is 35.2 Å². The summed E-state index contributed by atoms with van der Waals surface area (Å²) in [4.78, 5) is 25.3. The van der Waals surface area contributed by atoms with E-state index < -0.39 is 21.9 Å². The summed E-state index contributed by atoms with van der Waals surface area (Å²) in [6.07, 6.45) is 2.52. The van der Waals surface area contributed by atoms with Gasteiger partial charge in [0.1, 0.15) is 10.6 Å². The molecule has 0 unspecified atom stereocenters. The summed E-state index contributed by atoms with van der Waals surface area (Å²) in [5, 5.41) is 2.64. The van der Waals surface area contributed by atoms with Crippen molar-refractivity contribution in [1.82, 2.24) is 4.31 Å². The zero-order valence-corrected chi connectivity index (χ0v) is 20.4. The van der Waals surface area contributed by atoms with E-state index >= 15 is 0 Å². The predicted octanol–water partition coefficient (Wildman–Crippen LogP) is 2.93. The van der Waals surface area contributed by atoms with Gasteiger partial charge in [-0.1, -0.05) is 6.42 Å². The summed E-state index contributed by atoms with van der Waals surface area (Å²) < 4.78 is 48.5. The summed E-state index contributed by atoms with van der Waals surface area (Å²) in [5.41, 5.74) is 0.232. The molecule has 0 spiro atoms. The molecule has 11 heteroatoms. The molecule has 0 atom stereocenters. The summed E-state index contributed by atoms with van der Waals surface area (Å²) in [6.45, 7) is 0.825. The molecule has 34 heavy (non-hydrogen) atoms. The molecular weight excluding hydrogens is 464 g/mol. The highest BCUT2D eigenvalue weighted by Gasteiger charge is 2.30. The molecule has 2 aromatic rings. The van der Waals surface area contributed by atoms with Crippen LogP contribution < -0.4 is 19.5 Å². The number of methoxy groups -OCH3 is 4. The first-order valence-corrected chi connectivity index (χ1v) is 12.0. The van der Waals surface area contributed by atoms with Crippen molar-refractivity contribution in [2.45, 2.75) is 24.2 Å². The zero-order chi connectivity index (χ0) is 24.9. The Bertz CT molecular complexity index is 1170. The molecule has 0 aromatic heterocycles. The van der Waals surface area contributed by atoms with Gasteiger partial charge in [-0.25, -0.2) is 13.2 Å². The maximum atomic E-state index is 13.3. The number of nitrogens with one attached hydrogen (secondary N) is 1. The highest BCUT2D eigenvalue weighted by atomic mass is 32.2. The van der Waals surface area contributed by atoms with Crippen LogP contribution in [0.5, 0.6) is 17.2 Å². The molecule has 0 aliphatic carbocycles. The van der Waals surface area contributed by atoms with Crippen molar-refractivity contribution in [3.05, 3.63) is 41.5 Å². The lowest BCUT2D eigenvalue weighted by atomic mass is 10.1. The lowest BCUT2D eigenvalue weighted by molar-refractivity contribution is 0.0601. The van der Waals surface area contributed by atoms with Crippen molar-refractivity contribution in [3.8, 4) is 17.2 Å². The standard InChI is InChI=1S/C23H28N2O8S/c1-30-18-9-8-15(12-21(18)34(28,29)25-10-6-5-7-11-25)22(26)24-17-14-20(32-3)19(31-2)13-16(17)23(27)33-4/h8-9,12-14H,5-7,10-11H2,1-4H3,(H,24,26). The Labute approximate surface area is 198 Å². The molecule has 10 nitrogen and oxygen atoms in total. The number of carbonyl (C=O) groups is 2. The van der Waals surface area contributed by atoms with Gasteiger partial charge in [0.25, 0.3) is 5.91 Å². The van der Waals surface area contributed by atoms with Gasteiger partial charge in [-0.15, -0.1) is 0 Å². The quantitative estimate of drug-likeness (QED) is 0.559. The third-order valence-corrected chi connectivity index (χ3v) is 7.46. The number of hydrogen-bond donors (Lipinski definition) is 1. The molecule has 1 saturated heterocycles. The maximum Gasteiger partial charge on any atom is 0.340 e. The number of amides is 1. The van der Waals surface area contributed by atoms with Crippen LogP contribution in [-0.4, -0.2) is 66.1 Å². The van der Waals surface area contributed by atoms with Crippen LogP contribution in [0.2, 0.25) is 0 Å². The first-order chi connectivity index (χ1) is 16.3. The van der Waals surface area contributed by atoms with E-state index in [9.17, 15) is 18.0 Å². The first-order valence-electron chi connectivity index (χ1n) is 10.6. The summed E-state index contributed by atoms with van der Waals surface area (Å²) in [7, 11) is 1.56. The van der Waals surface area contributed by atoms with Gasteiger partial charge in [0.05, 0.1) is 39.7 Å². The normalized spacial score (nSPS) is 14.2. The van der Waals surface area contributed by atoms with Gasteiger partial charge in [0.2, 0.25) is 10.0 Å². The van der Waals surface area contributed by atoms with Crippen LogP contribution in [0.25, 0.3) is 0 Å². The Morgan fingerprint density at radius 2 is 1.47 bits per heavy atom. The Kier molecular flexibility index (Phi) is 8.00. The van der Waals surface area contributed by atoms with E-state index in [4.69, 9.17) is 18.9 Å². The molecule has 1 aliphatic heterocycles. The molecule has 0 bridgehead atoms. The van der Waals surface area contributed by atoms with Gasteiger partial charge >= 0.3 is 5.97 Å². The number of anilines is 1. The van der Waals surface area contributed by atoms with E-state index in [-0.39, 0.29) is 39.0 Å². The third-order valence-electron chi connectivity index (χ3n) is 5.54. The number of nitrogens with zero attached hydrogens (tertiary/aromatic N) is 1. The number of ether oxygens (including phenoxy) is 4. The van der Waals surface area contributed by atoms with Gasteiger partial charge in [-0.2, -0.15) is 4.31 Å². The Balaban J connectivity index is 2.00. The minimum atomic E-state index is -3.86. The highest BCUT2D eigenvalue weighted by molar-refractivity contribution is 7.89. The summed E-state index contributed by atoms with van der Waals surface area (Å²) in [5.74, 6) is -0.619. The fourth-order valence-corrected chi connectivity index (χ4v) is 5.42. The van der Waals surface area contributed by atoms with Gasteiger partial charge < -0.3 is 24.3 Å². The maximum absolute atomic E-state index is 13.3. The van der Waals surface area contributed by atoms with Crippen LogP contribution in [-0.2, 0) is 14.8 Å². The van der Waals surface area contributed by atoms with E-state index in [0.717, 1.165) is 19.3 Å². The number of carbonyl (C=O) groups excluding carboxylic acids is 2. The van der Waals surface area contributed by atoms with Crippen LogP contribution in [0.3, 0.4) is 0 Å². The van der Waals surface area contributed by atoms with Crippen molar-refractivity contribution in [2.24, 2.45) is 0 Å². The fraction of sp³-hybridized carbons (Fsp3) is 0.391. The van der Waals surface area contributed by atoms with E-state index in [1.165, 1.54) is 63.1 Å². The zero-order valence-electron chi connectivity index (χ0n) is 19.5. The highest BCUT2D eigenvalue weighted by Crippen LogP contribution is 2.35. The second-order valence-electron chi connectivity index (χ2n) is 7.53. The number of rotatable bonds is 8. The largest absolute Gasteiger partial charge is 0.495 e. The minimum Gasteiger partial charge on any atom is -0.495 e. The lowest BCUT2D eigenvalue weighted by Gasteiger charge is -2.26. The molecule has 1 aliphatic rings. The molecule has 1 heterocycles.